The van der Waals surface area contributed by atoms with Crippen LogP contribution in [0.3, 0.4) is 0 Å². The fourth-order valence-corrected chi connectivity index (χ4v) is 0. The van der Waals surface area contributed by atoms with E-state index in [9.17, 15) is 29.7 Å². The molecule has 10 heteroatoms. The minimum absolute atomic E-state index is 0. The number of aliphatic hydroxyl groups excluding tert-OH is 3. The van der Waals surface area contributed by atoms with Crippen LogP contribution < -0.4 is 15.3 Å². The Bertz CT molecular complexity index is 220. The standard InChI is InChI=1S/3C3H6O3.Tb/c3*1-2(4)3(5)6;/h3*2,4H,1H3,(H,5,6);/q;;;+3/p-3. The van der Waals surface area contributed by atoms with E-state index in [-0.39, 0.29) is 38.6 Å². The maximum Gasteiger partial charge on any atom is 3.00 e. The molecule has 0 aromatic heterocycles. The van der Waals surface area contributed by atoms with Crippen LogP contribution in [0.25, 0.3) is 0 Å². The van der Waals surface area contributed by atoms with E-state index in [0.29, 0.717) is 0 Å². The minimum atomic E-state index is -1.44. The molecule has 0 aromatic carbocycles. The fraction of sp³-hybridized carbons (Fsp3) is 0.667. The van der Waals surface area contributed by atoms with Crippen molar-refractivity contribution < 1.29 is 83.6 Å². The van der Waals surface area contributed by atoms with Crippen LogP contribution in [0.5, 0.6) is 0 Å². The van der Waals surface area contributed by atoms with Gasteiger partial charge in [-0.2, -0.15) is 0 Å². The summed E-state index contributed by atoms with van der Waals surface area (Å²) in [5.41, 5.74) is 0. The summed E-state index contributed by atoms with van der Waals surface area (Å²) >= 11 is 0. The Kier molecular flexibility index (Phi) is 22.2. The van der Waals surface area contributed by atoms with Gasteiger partial charge in [0.15, 0.2) is 0 Å². The van der Waals surface area contributed by atoms with Crippen molar-refractivity contribution in [1.82, 2.24) is 0 Å². The SMILES string of the molecule is CC(O)C(=O)[O-].CC(O)C(=O)[O-].CC(O)C(=O)[O-].[Tb+3]. The quantitative estimate of drug-likeness (QED) is 0.396. The van der Waals surface area contributed by atoms with Gasteiger partial charge in [0.25, 0.3) is 0 Å². The molecule has 0 aliphatic carbocycles. The summed E-state index contributed by atoms with van der Waals surface area (Å²) in [4.78, 5) is 28.0. The van der Waals surface area contributed by atoms with Gasteiger partial charge in [-0.1, -0.05) is 0 Å². The van der Waals surface area contributed by atoms with Gasteiger partial charge in [-0.05, 0) is 20.8 Å². The van der Waals surface area contributed by atoms with Crippen molar-refractivity contribution in [3.8, 4) is 0 Å². The Labute approximate surface area is 140 Å². The first-order valence-electron chi connectivity index (χ1n) is 4.60. The molecule has 0 amide bonds. The Morgan fingerprint density at radius 3 is 0.737 bits per heavy atom. The van der Waals surface area contributed by atoms with Crippen molar-refractivity contribution in [2.45, 2.75) is 39.1 Å². The molecule has 0 fully saturated rings. The van der Waals surface area contributed by atoms with E-state index in [1.807, 2.05) is 0 Å². The molecule has 9 nitrogen and oxygen atoms in total. The molecule has 0 spiro atoms. The molecule has 0 aliphatic heterocycles. The normalized spacial score (nSPS) is 12.9. The van der Waals surface area contributed by atoms with Crippen LogP contribution >= 0.6 is 0 Å². The molecular weight excluding hydrogens is 411 g/mol. The third-order valence-corrected chi connectivity index (χ3v) is 1.02. The molecular formula is C9H15O9Tb. The molecule has 3 unspecified atom stereocenters. The third-order valence-electron chi connectivity index (χ3n) is 1.02. The van der Waals surface area contributed by atoms with Crippen LogP contribution in [-0.4, -0.2) is 51.5 Å². The summed E-state index contributed by atoms with van der Waals surface area (Å²) in [6.45, 7) is 3.40. The second-order valence-electron chi connectivity index (χ2n) is 2.99. The zero-order chi connectivity index (χ0) is 15.5. The first-order chi connectivity index (χ1) is 7.93. The molecule has 0 radical (unpaired) electrons. The summed E-state index contributed by atoms with van der Waals surface area (Å²) in [5.74, 6) is -4.31. The Morgan fingerprint density at radius 1 is 0.684 bits per heavy atom. The number of carbonyl (C=O) groups is 3. The molecule has 0 rings (SSSR count). The van der Waals surface area contributed by atoms with Gasteiger partial charge in [0, 0.05) is 0 Å². The molecule has 0 bridgehead atoms. The van der Waals surface area contributed by atoms with Crippen molar-refractivity contribution in [2.24, 2.45) is 0 Å². The van der Waals surface area contributed by atoms with Gasteiger partial charge in [-0.15, -0.1) is 0 Å². The average Bonchev–Trinajstić information content (AvgIpc) is 2.18. The fourth-order valence-electron chi connectivity index (χ4n) is 0. The Morgan fingerprint density at radius 2 is 0.737 bits per heavy atom. The molecule has 114 valence electrons. The molecule has 0 aliphatic rings. The van der Waals surface area contributed by atoms with E-state index in [1.165, 1.54) is 0 Å². The van der Waals surface area contributed by atoms with Crippen LogP contribution in [0.2, 0.25) is 0 Å². The van der Waals surface area contributed by atoms with Crippen molar-refractivity contribution in [3.05, 3.63) is 0 Å². The van der Waals surface area contributed by atoms with Gasteiger partial charge in [0.05, 0.1) is 36.2 Å². The molecule has 0 heterocycles. The average molecular weight is 426 g/mol. The first kappa shape index (κ1) is 27.0. The topological polar surface area (TPSA) is 181 Å². The number of carboxylic acids is 3. The van der Waals surface area contributed by atoms with E-state index < -0.39 is 36.2 Å². The monoisotopic (exact) mass is 426 g/mol. The van der Waals surface area contributed by atoms with Gasteiger partial charge in [0.2, 0.25) is 0 Å². The van der Waals surface area contributed by atoms with Gasteiger partial charge >= 0.3 is 38.6 Å². The van der Waals surface area contributed by atoms with E-state index in [4.69, 9.17) is 15.3 Å². The molecule has 0 aromatic rings. The number of rotatable bonds is 3. The van der Waals surface area contributed by atoms with Gasteiger partial charge < -0.3 is 45.0 Å². The number of carbonyl (C=O) groups excluding carboxylic acids is 3. The first-order valence-corrected chi connectivity index (χ1v) is 4.60. The zero-order valence-corrected chi connectivity index (χ0v) is 12.5. The second kappa shape index (κ2) is 15.6. The van der Waals surface area contributed by atoms with Gasteiger partial charge in [-0.25, -0.2) is 0 Å². The van der Waals surface area contributed by atoms with Crippen LogP contribution in [0, 0.1) is 38.6 Å². The smallest absolute Gasteiger partial charge is 0.547 e. The Hall–Kier alpha value is -0.424. The molecule has 0 saturated heterocycles. The molecule has 3 N–H and O–H groups in total. The predicted octanol–water partition coefficient (Wildman–Crippen LogP) is -5.65. The summed E-state index contributed by atoms with van der Waals surface area (Å²) in [6.07, 6.45) is -4.03. The number of carboxylic acid groups (broad SMARTS) is 3. The minimum Gasteiger partial charge on any atom is -0.547 e. The van der Waals surface area contributed by atoms with E-state index in [0.717, 1.165) is 20.8 Å². The summed E-state index contributed by atoms with van der Waals surface area (Å²) < 4.78 is 0. The van der Waals surface area contributed by atoms with Gasteiger partial charge in [0.1, 0.15) is 0 Å². The van der Waals surface area contributed by atoms with E-state index >= 15 is 0 Å². The van der Waals surface area contributed by atoms with Crippen LogP contribution in [0.1, 0.15) is 20.8 Å². The molecule has 3 atom stereocenters. The molecule has 19 heavy (non-hydrogen) atoms. The third kappa shape index (κ3) is 31.8. The van der Waals surface area contributed by atoms with Crippen molar-refractivity contribution in [2.75, 3.05) is 0 Å². The Balaban J connectivity index is -0.0000000865. The number of aliphatic hydroxyl groups is 3. The molecule has 0 saturated carbocycles. The van der Waals surface area contributed by atoms with Crippen LogP contribution in [0.15, 0.2) is 0 Å². The predicted molar refractivity (Wildman–Crippen MR) is 50.1 cm³/mol. The second-order valence-corrected chi connectivity index (χ2v) is 2.99. The van der Waals surface area contributed by atoms with Crippen molar-refractivity contribution in [3.63, 3.8) is 0 Å². The maximum absolute atomic E-state index is 9.34. The van der Waals surface area contributed by atoms with Crippen molar-refractivity contribution in [1.29, 1.82) is 0 Å². The largest absolute Gasteiger partial charge is 3.00 e. The van der Waals surface area contributed by atoms with Crippen molar-refractivity contribution >= 4 is 17.9 Å². The number of aliphatic carboxylic acids is 3. The van der Waals surface area contributed by atoms with Gasteiger partial charge in [-0.3, -0.25) is 0 Å². The van der Waals surface area contributed by atoms with Crippen LogP contribution in [0.4, 0.5) is 0 Å². The van der Waals surface area contributed by atoms with Crippen LogP contribution in [-0.2, 0) is 14.4 Å². The maximum atomic E-state index is 9.34. The summed E-state index contributed by atoms with van der Waals surface area (Å²) in [7, 11) is 0. The summed E-state index contributed by atoms with van der Waals surface area (Å²) in [5, 5.41) is 51.9. The van der Waals surface area contributed by atoms with E-state index in [1.54, 1.807) is 0 Å². The summed E-state index contributed by atoms with van der Waals surface area (Å²) in [6, 6.07) is 0. The number of hydrogen-bond donors (Lipinski definition) is 3. The number of hydrogen-bond acceptors (Lipinski definition) is 9. The zero-order valence-electron chi connectivity index (χ0n) is 10.4. The van der Waals surface area contributed by atoms with E-state index in [2.05, 4.69) is 0 Å².